The zero-order chi connectivity index (χ0) is 19.5. The lowest BCUT2D eigenvalue weighted by Crippen LogP contribution is -2.43. The second kappa shape index (κ2) is 8.26. The Labute approximate surface area is 168 Å². The number of aryl methyl sites for hydroxylation is 1. The monoisotopic (exact) mass is 397 g/mol. The molecule has 146 valence electrons. The smallest absolute Gasteiger partial charge is 0.278 e. The summed E-state index contributed by atoms with van der Waals surface area (Å²) < 4.78 is 5.37. The van der Waals surface area contributed by atoms with Crippen molar-refractivity contribution < 1.29 is 14.3 Å². The Hall–Kier alpha value is -2.48. The lowest BCUT2D eigenvalue weighted by molar-refractivity contribution is -0.137. The van der Waals surface area contributed by atoms with Gasteiger partial charge in [0, 0.05) is 36.7 Å². The third-order valence-corrected chi connectivity index (χ3v) is 5.89. The third-order valence-electron chi connectivity index (χ3n) is 5.00. The number of anilines is 1. The molecule has 2 aliphatic heterocycles. The van der Waals surface area contributed by atoms with Crippen LogP contribution < -0.4 is 5.32 Å². The number of amides is 2. The lowest BCUT2D eigenvalue weighted by atomic mass is 10.1. The minimum atomic E-state index is -0.262. The topological polar surface area (TPSA) is 61.9 Å². The molecule has 1 N–H and O–H groups in total. The molecular weight excluding hydrogens is 374 g/mol. The number of hydrogen-bond donors (Lipinski definition) is 1. The van der Waals surface area contributed by atoms with Gasteiger partial charge in [-0.2, -0.15) is 0 Å². The van der Waals surface area contributed by atoms with Gasteiger partial charge in [0.1, 0.15) is 5.70 Å². The Bertz CT molecular complexity index is 884. The standard InChI is InChI=1S/C21H23N3O3S/c1-15-4-6-16(7-5-15)22-19-18(17-3-2-14-28-17)20(25)24(21(19)26)9-8-23-10-12-27-13-11-23/h2-7,14,22H,8-13H2,1H3. The minimum absolute atomic E-state index is 0.227. The van der Waals surface area contributed by atoms with E-state index in [0.29, 0.717) is 37.6 Å². The number of hydrogen-bond acceptors (Lipinski definition) is 6. The van der Waals surface area contributed by atoms with Crippen LogP contribution in [0.2, 0.25) is 0 Å². The number of thiophene rings is 1. The molecule has 2 aliphatic rings. The quantitative estimate of drug-likeness (QED) is 0.759. The molecule has 0 unspecified atom stereocenters. The highest BCUT2D eigenvalue weighted by Gasteiger charge is 2.39. The third kappa shape index (κ3) is 3.87. The van der Waals surface area contributed by atoms with Crippen LogP contribution in [0, 0.1) is 6.92 Å². The van der Waals surface area contributed by atoms with Crippen LogP contribution in [0.5, 0.6) is 0 Å². The van der Waals surface area contributed by atoms with Crippen LogP contribution in [-0.4, -0.2) is 61.0 Å². The fourth-order valence-corrected chi connectivity index (χ4v) is 4.16. The average molecular weight is 398 g/mol. The normalized spacial score (nSPS) is 18.2. The SMILES string of the molecule is Cc1ccc(NC2=C(c3cccs3)C(=O)N(CCN3CCOCC3)C2=O)cc1. The molecule has 0 atom stereocenters. The second-order valence-corrected chi connectivity index (χ2v) is 7.88. The zero-order valence-corrected chi connectivity index (χ0v) is 16.6. The summed E-state index contributed by atoms with van der Waals surface area (Å²) in [4.78, 5) is 30.6. The molecule has 28 heavy (non-hydrogen) atoms. The van der Waals surface area contributed by atoms with Crippen molar-refractivity contribution in [1.29, 1.82) is 0 Å². The molecular formula is C21H23N3O3S. The van der Waals surface area contributed by atoms with Crippen molar-refractivity contribution in [2.45, 2.75) is 6.92 Å². The van der Waals surface area contributed by atoms with E-state index in [1.54, 1.807) is 0 Å². The van der Waals surface area contributed by atoms with Crippen molar-refractivity contribution in [2.24, 2.45) is 0 Å². The van der Waals surface area contributed by atoms with Crippen LogP contribution in [0.15, 0.2) is 47.5 Å². The predicted octanol–water partition coefficient (Wildman–Crippen LogP) is 2.58. The van der Waals surface area contributed by atoms with Gasteiger partial charge in [-0.1, -0.05) is 23.8 Å². The number of ether oxygens (including phenoxy) is 1. The average Bonchev–Trinajstić information content (AvgIpc) is 3.31. The van der Waals surface area contributed by atoms with Crippen LogP contribution in [0.1, 0.15) is 10.4 Å². The van der Waals surface area contributed by atoms with Gasteiger partial charge in [-0.3, -0.25) is 19.4 Å². The van der Waals surface area contributed by atoms with E-state index in [0.717, 1.165) is 29.2 Å². The number of morpholine rings is 1. The van der Waals surface area contributed by atoms with Crippen molar-refractivity contribution in [3.8, 4) is 0 Å². The van der Waals surface area contributed by atoms with Gasteiger partial charge in [0.2, 0.25) is 0 Å². The van der Waals surface area contributed by atoms with E-state index < -0.39 is 0 Å². The molecule has 4 rings (SSSR count). The summed E-state index contributed by atoms with van der Waals surface area (Å²) in [6.45, 7) is 6.10. The molecule has 7 heteroatoms. The fraction of sp³-hybridized carbons (Fsp3) is 0.333. The van der Waals surface area contributed by atoms with Gasteiger partial charge in [0.15, 0.2) is 0 Å². The first-order valence-electron chi connectivity index (χ1n) is 9.41. The van der Waals surface area contributed by atoms with E-state index in [-0.39, 0.29) is 11.8 Å². The number of carbonyl (C=O) groups excluding carboxylic acids is 2. The van der Waals surface area contributed by atoms with Gasteiger partial charge in [0.25, 0.3) is 11.8 Å². The summed E-state index contributed by atoms with van der Waals surface area (Å²) >= 11 is 1.47. The van der Waals surface area contributed by atoms with E-state index >= 15 is 0 Å². The van der Waals surface area contributed by atoms with Crippen molar-refractivity contribution in [1.82, 2.24) is 9.80 Å². The number of carbonyl (C=O) groups is 2. The van der Waals surface area contributed by atoms with Gasteiger partial charge in [0.05, 0.1) is 18.8 Å². The molecule has 3 heterocycles. The van der Waals surface area contributed by atoms with Gasteiger partial charge >= 0.3 is 0 Å². The molecule has 0 bridgehead atoms. The second-order valence-electron chi connectivity index (χ2n) is 6.93. The maximum atomic E-state index is 13.1. The summed E-state index contributed by atoms with van der Waals surface area (Å²) in [5.41, 5.74) is 2.76. The molecule has 0 aliphatic carbocycles. The van der Waals surface area contributed by atoms with E-state index in [9.17, 15) is 9.59 Å². The van der Waals surface area contributed by atoms with Crippen molar-refractivity contribution in [3.05, 3.63) is 57.9 Å². The molecule has 1 fully saturated rings. The van der Waals surface area contributed by atoms with E-state index in [1.807, 2.05) is 48.7 Å². The first-order chi connectivity index (χ1) is 13.6. The summed E-state index contributed by atoms with van der Waals surface area (Å²) in [7, 11) is 0. The summed E-state index contributed by atoms with van der Waals surface area (Å²) in [6.07, 6.45) is 0. The van der Waals surface area contributed by atoms with Crippen LogP contribution in [0.4, 0.5) is 5.69 Å². The van der Waals surface area contributed by atoms with E-state index in [4.69, 9.17) is 4.74 Å². The van der Waals surface area contributed by atoms with Gasteiger partial charge < -0.3 is 10.1 Å². The van der Waals surface area contributed by atoms with Gasteiger partial charge in [-0.05, 0) is 30.5 Å². The highest BCUT2D eigenvalue weighted by atomic mass is 32.1. The van der Waals surface area contributed by atoms with Crippen molar-refractivity contribution >= 4 is 34.4 Å². The molecule has 0 spiro atoms. The molecule has 2 aromatic rings. The number of imide groups is 1. The summed E-state index contributed by atoms with van der Waals surface area (Å²) in [6, 6.07) is 11.6. The lowest BCUT2D eigenvalue weighted by Gasteiger charge is -2.28. The highest BCUT2D eigenvalue weighted by Crippen LogP contribution is 2.32. The minimum Gasteiger partial charge on any atom is -0.379 e. The maximum Gasteiger partial charge on any atom is 0.278 e. The Morgan fingerprint density at radius 3 is 2.46 bits per heavy atom. The Morgan fingerprint density at radius 2 is 1.79 bits per heavy atom. The molecule has 1 aromatic heterocycles. The fourth-order valence-electron chi connectivity index (χ4n) is 3.39. The Kier molecular flexibility index (Phi) is 5.57. The molecule has 0 radical (unpaired) electrons. The van der Waals surface area contributed by atoms with Gasteiger partial charge in [-0.15, -0.1) is 11.3 Å². The first-order valence-corrected chi connectivity index (χ1v) is 10.3. The zero-order valence-electron chi connectivity index (χ0n) is 15.8. The molecule has 1 aromatic carbocycles. The van der Waals surface area contributed by atoms with E-state index in [1.165, 1.54) is 16.2 Å². The number of nitrogens with zero attached hydrogens (tertiary/aromatic N) is 2. The first kappa shape index (κ1) is 18.9. The number of rotatable bonds is 6. The van der Waals surface area contributed by atoms with Crippen molar-refractivity contribution in [2.75, 3.05) is 44.7 Å². The van der Waals surface area contributed by atoms with Crippen LogP contribution >= 0.6 is 11.3 Å². The van der Waals surface area contributed by atoms with E-state index in [2.05, 4.69) is 10.2 Å². The van der Waals surface area contributed by atoms with Crippen molar-refractivity contribution in [3.63, 3.8) is 0 Å². The predicted molar refractivity (Wildman–Crippen MR) is 110 cm³/mol. The Balaban J connectivity index is 1.57. The van der Waals surface area contributed by atoms with Crippen LogP contribution in [0.25, 0.3) is 5.57 Å². The molecule has 1 saturated heterocycles. The largest absolute Gasteiger partial charge is 0.379 e. The maximum absolute atomic E-state index is 13.1. The molecule has 2 amide bonds. The number of benzene rings is 1. The summed E-state index contributed by atoms with van der Waals surface area (Å²) in [5, 5.41) is 5.11. The molecule has 0 saturated carbocycles. The number of nitrogens with one attached hydrogen (secondary N) is 1. The van der Waals surface area contributed by atoms with Crippen LogP contribution in [-0.2, 0) is 14.3 Å². The summed E-state index contributed by atoms with van der Waals surface area (Å²) in [5.74, 6) is -0.488. The van der Waals surface area contributed by atoms with Gasteiger partial charge in [-0.25, -0.2) is 0 Å². The Morgan fingerprint density at radius 1 is 1.04 bits per heavy atom. The highest BCUT2D eigenvalue weighted by molar-refractivity contribution is 7.11. The molecule has 6 nitrogen and oxygen atoms in total. The van der Waals surface area contributed by atoms with Crippen LogP contribution in [0.3, 0.4) is 0 Å².